The molecule has 1 fully saturated rings. The minimum Gasteiger partial charge on any atom is -0.463 e. The highest BCUT2D eigenvalue weighted by Gasteiger charge is 2.69. The molecule has 0 spiro atoms. The Hall–Kier alpha value is -1.66. The predicted octanol–water partition coefficient (Wildman–Crippen LogP) is 3.76. The Morgan fingerprint density at radius 2 is 1.88 bits per heavy atom. The molecule has 3 aliphatic heterocycles. The van der Waals surface area contributed by atoms with E-state index < -0.39 is 29.1 Å². The molecule has 7 heteroatoms. The average molecular weight is 344 g/mol. The van der Waals surface area contributed by atoms with Gasteiger partial charge in [-0.2, -0.15) is 13.2 Å². The van der Waals surface area contributed by atoms with Gasteiger partial charge in [-0.25, -0.2) is 4.79 Å². The summed E-state index contributed by atoms with van der Waals surface area (Å²) in [6.07, 6.45) is -4.51. The molecule has 0 aromatic heterocycles. The van der Waals surface area contributed by atoms with Gasteiger partial charge in [-0.3, -0.25) is 10.0 Å². The van der Waals surface area contributed by atoms with Gasteiger partial charge in [0.15, 0.2) is 5.54 Å². The number of halogens is 3. The number of alkyl halides is 3. The van der Waals surface area contributed by atoms with Crippen molar-refractivity contribution in [1.29, 1.82) is 0 Å². The monoisotopic (exact) mass is 344 g/mol. The van der Waals surface area contributed by atoms with E-state index in [0.717, 1.165) is 5.57 Å². The molecule has 3 aliphatic rings. The van der Waals surface area contributed by atoms with Gasteiger partial charge in [-0.1, -0.05) is 13.8 Å². The molecule has 0 saturated carbocycles. The molecule has 134 valence electrons. The molecule has 3 rings (SSSR count). The number of ether oxygens (including phenoxy) is 1. The molecule has 0 radical (unpaired) electrons. The fourth-order valence-corrected chi connectivity index (χ4v) is 4.31. The lowest BCUT2D eigenvalue weighted by Crippen LogP contribution is -2.55. The SMILES string of the molecule is CCOC(=O)C1=C(C)N2N3C(=C(C)C(C)(C)[C@@H]13)C[C@@]2(C)C(F)(F)F. The first-order chi connectivity index (χ1) is 10.9. The van der Waals surface area contributed by atoms with E-state index in [-0.39, 0.29) is 13.0 Å². The average Bonchev–Trinajstić information content (AvgIpc) is 2.98. The Morgan fingerprint density at radius 1 is 1.29 bits per heavy atom. The molecule has 0 N–H and O–H groups in total. The van der Waals surface area contributed by atoms with E-state index in [4.69, 9.17) is 4.74 Å². The van der Waals surface area contributed by atoms with E-state index in [1.54, 1.807) is 18.9 Å². The molecular formula is C17H23F3N2O2. The maximum absolute atomic E-state index is 13.8. The number of hydrazine groups is 1. The van der Waals surface area contributed by atoms with Crippen molar-refractivity contribution < 1.29 is 22.7 Å². The van der Waals surface area contributed by atoms with Gasteiger partial charge < -0.3 is 4.74 Å². The maximum Gasteiger partial charge on any atom is 0.413 e. The first-order valence-electron chi connectivity index (χ1n) is 8.13. The molecule has 0 aliphatic carbocycles. The van der Waals surface area contributed by atoms with Crippen molar-refractivity contribution in [2.45, 2.75) is 65.7 Å². The minimum absolute atomic E-state index is 0.101. The van der Waals surface area contributed by atoms with Crippen LogP contribution in [0.4, 0.5) is 13.2 Å². The molecule has 4 nitrogen and oxygen atoms in total. The van der Waals surface area contributed by atoms with Crippen molar-refractivity contribution in [2.24, 2.45) is 5.41 Å². The van der Waals surface area contributed by atoms with Gasteiger partial charge >= 0.3 is 12.1 Å². The summed E-state index contributed by atoms with van der Waals surface area (Å²) in [5.41, 5.74) is -0.222. The zero-order valence-electron chi connectivity index (χ0n) is 14.8. The number of carbonyl (C=O) groups is 1. The van der Waals surface area contributed by atoms with Crippen LogP contribution >= 0.6 is 0 Å². The van der Waals surface area contributed by atoms with Gasteiger partial charge in [0.2, 0.25) is 0 Å². The van der Waals surface area contributed by atoms with Crippen LogP contribution in [0.2, 0.25) is 0 Å². The van der Waals surface area contributed by atoms with Crippen molar-refractivity contribution in [2.75, 3.05) is 6.61 Å². The second-order valence-electron chi connectivity index (χ2n) is 7.52. The van der Waals surface area contributed by atoms with Crippen LogP contribution in [0.1, 0.15) is 48.0 Å². The minimum atomic E-state index is -4.41. The zero-order valence-corrected chi connectivity index (χ0v) is 14.8. The maximum atomic E-state index is 13.8. The van der Waals surface area contributed by atoms with Crippen LogP contribution in [0.15, 0.2) is 22.5 Å². The lowest BCUT2D eigenvalue weighted by atomic mass is 9.77. The number of carbonyl (C=O) groups excluding carboxylic acids is 1. The topological polar surface area (TPSA) is 32.8 Å². The Labute approximate surface area is 139 Å². The molecular weight excluding hydrogens is 321 g/mol. The highest BCUT2D eigenvalue weighted by Crippen LogP contribution is 2.62. The lowest BCUT2D eigenvalue weighted by molar-refractivity contribution is -0.232. The first-order valence-corrected chi connectivity index (χ1v) is 8.13. The van der Waals surface area contributed by atoms with E-state index in [0.29, 0.717) is 17.0 Å². The van der Waals surface area contributed by atoms with Gasteiger partial charge in [0.05, 0.1) is 18.2 Å². The van der Waals surface area contributed by atoms with Gasteiger partial charge in [0, 0.05) is 23.2 Å². The number of hydrogen-bond acceptors (Lipinski definition) is 4. The standard InChI is InChI=1S/C17H23F3N2O2/c1-7-24-14(23)12-10(3)22-16(6,17(18,19)20)8-11-9(2)15(4,5)13(12)21(11)22/h13H,7-8H2,1-6H3/t13-,16+/m1/s1. The number of hydrogen-bond donors (Lipinski definition) is 0. The zero-order chi connectivity index (χ0) is 18.2. The second kappa shape index (κ2) is 4.70. The van der Waals surface area contributed by atoms with Crippen molar-refractivity contribution in [3.8, 4) is 0 Å². The van der Waals surface area contributed by atoms with Crippen molar-refractivity contribution in [3.05, 3.63) is 22.5 Å². The van der Waals surface area contributed by atoms with E-state index in [1.807, 2.05) is 20.8 Å². The highest BCUT2D eigenvalue weighted by atomic mass is 19.4. The van der Waals surface area contributed by atoms with Crippen LogP contribution in [0.5, 0.6) is 0 Å². The second-order valence-corrected chi connectivity index (χ2v) is 7.52. The molecule has 0 unspecified atom stereocenters. The molecule has 1 saturated heterocycles. The summed E-state index contributed by atoms with van der Waals surface area (Å²) in [6, 6.07) is -0.448. The van der Waals surface area contributed by atoms with E-state index in [1.165, 1.54) is 11.9 Å². The summed E-state index contributed by atoms with van der Waals surface area (Å²) in [5.74, 6) is -0.527. The normalized spacial score (nSPS) is 31.3. The smallest absolute Gasteiger partial charge is 0.413 e. The van der Waals surface area contributed by atoms with Crippen LogP contribution in [-0.2, 0) is 9.53 Å². The summed E-state index contributed by atoms with van der Waals surface area (Å²) in [4.78, 5) is 12.5. The summed E-state index contributed by atoms with van der Waals surface area (Å²) < 4.78 is 46.7. The fourth-order valence-electron chi connectivity index (χ4n) is 4.31. The Kier molecular flexibility index (Phi) is 3.36. The predicted molar refractivity (Wildman–Crippen MR) is 82.4 cm³/mol. The fraction of sp³-hybridized carbons (Fsp3) is 0.706. The van der Waals surface area contributed by atoms with E-state index in [9.17, 15) is 18.0 Å². The van der Waals surface area contributed by atoms with E-state index in [2.05, 4.69) is 0 Å². The first kappa shape index (κ1) is 17.2. The number of nitrogens with zero attached hydrogens (tertiary/aromatic N) is 2. The van der Waals surface area contributed by atoms with Crippen LogP contribution in [-0.4, -0.2) is 40.4 Å². The molecule has 0 aromatic carbocycles. The molecule has 0 bridgehead atoms. The molecule has 0 aromatic rings. The third kappa shape index (κ3) is 1.78. The Bertz CT molecular complexity index is 678. The van der Waals surface area contributed by atoms with E-state index >= 15 is 0 Å². The highest BCUT2D eigenvalue weighted by molar-refractivity contribution is 5.92. The molecule has 24 heavy (non-hydrogen) atoms. The van der Waals surface area contributed by atoms with Crippen LogP contribution in [0.3, 0.4) is 0 Å². The van der Waals surface area contributed by atoms with Gasteiger partial charge in [-0.05, 0) is 33.3 Å². The summed E-state index contributed by atoms with van der Waals surface area (Å²) in [5, 5.41) is 2.96. The lowest BCUT2D eigenvalue weighted by Gasteiger charge is -2.41. The molecule has 3 heterocycles. The number of rotatable bonds is 2. The van der Waals surface area contributed by atoms with Crippen LogP contribution < -0.4 is 0 Å². The van der Waals surface area contributed by atoms with Crippen molar-refractivity contribution in [3.63, 3.8) is 0 Å². The van der Waals surface area contributed by atoms with Crippen LogP contribution in [0, 0.1) is 5.41 Å². The van der Waals surface area contributed by atoms with Crippen LogP contribution in [0.25, 0.3) is 0 Å². The van der Waals surface area contributed by atoms with Gasteiger partial charge in [0.1, 0.15) is 0 Å². The molecule has 0 amide bonds. The number of allylic oxidation sites excluding steroid dienone is 1. The number of esters is 1. The Balaban J connectivity index is 2.22. The summed E-state index contributed by atoms with van der Waals surface area (Å²) >= 11 is 0. The third-order valence-electron chi connectivity index (χ3n) is 5.89. The third-order valence-corrected chi connectivity index (χ3v) is 5.89. The van der Waals surface area contributed by atoms with Crippen molar-refractivity contribution in [1.82, 2.24) is 10.0 Å². The Morgan fingerprint density at radius 3 is 2.38 bits per heavy atom. The van der Waals surface area contributed by atoms with Gasteiger partial charge in [-0.15, -0.1) is 0 Å². The van der Waals surface area contributed by atoms with Gasteiger partial charge in [0.25, 0.3) is 0 Å². The largest absolute Gasteiger partial charge is 0.463 e. The summed E-state index contributed by atoms with van der Waals surface area (Å²) in [6.45, 7) is 10.5. The molecule has 2 atom stereocenters. The summed E-state index contributed by atoms with van der Waals surface area (Å²) in [7, 11) is 0. The van der Waals surface area contributed by atoms with Crippen molar-refractivity contribution >= 4 is 5.97 Å². The quantitative estimate of drug-likeness (QED) is 0.714.